The van der Waals surface area contributed by atoms with Gasteiger partial charge in [-0.1, -0.05) is 18.2 Å². The second kappa shape index (κ2) is 5.63. The number of carbonyl (C=O) groups is 1. The van der Waals surface area contributed by atoms with Crippen LogP contribution in [-0.2, 0) is 14.3 Å². The molecule has 1 atom stereocenters. The Labute approximate surface area is 94.1 Å². The van der Waals surface area contributed by atoms with Crippen molar-refractivity contribution in [1.29, 1.82) is 0 Å². The van der Waals surface area contributed by atoms with Crippen LogP contribution in [0.2, 0.25) is 0 Å². The zero-order valence-corrected chi connectivity index (χ0v) is 8.93. The van der Waals surface area contributed by atoms with Gasteiger partial charge in [0, 0.05) is 0 Å². The summed E-state index contributed by atoms with van der Waals surface area (Å²) in [5.41, 5.74) is 0. The molecule has 0 amide bonds. The van der Waals surface area contributed by atoms with Crippen molar-refractivity contribution in [1.82, 2.24) is 0 Å². The van der Waals surface area contributed by atoms with E-state index in [1.807, 2.05) is 18.2 Å². The number of hydrogen-bond donors (Lipinski definition) is 0. The minimum Gasteiger partial charge on any atom is -0.426 e. The zero-order chi connectivity index (χ0) is 11.2. The van der Waals surface area contributed by atoms with Crippen LogP contribution >= 0.6 is 0 Å². The zero-order valence-electron chi connectivity index (χ0n) is 8.93. The molecule has 1 fully saturated rings. The van der Waals surface area contributed by atoms with Crippen LogP contribution in [-0.4, -0.2) is 31.9 Å². The third kappa shape index (κ3) is 3.32. The number of carbonyl (C=O) groups excluding carboxylic acids is 1. The third-order valence-electron chi connectivity index (χ3n) is 2.25. The van der Waals surface area contributed by atoms with Crippen LogP contribution in [0.15, 0.2) is 30.3 Å². The first-order valence-electron chi connectivity index (χ1n) is 5.29. The first-order chi connectivity index (χ1) is 7.84. The lowest BCUT2D eigenvalue weighted by Crippen LogP contribution is -2.31. The molecular weight excluding hydrogens is 208 g/mol. The minimum absolute atomic E-state index is 0.176. The van der Waals surface area contributed by atoms with Gasteiger partial charge in [-0.05, 0) is 12.1 Å². The third-order valence-corrected chi connectivity index (χ3v) is 2.25. The lowest BCUT2D eigenvalue weighted by atomic mass is 10.2. The predicted octanol–water partition coefficient (Wildman–Crippen LogP) is 1.40. The van der Waals surface area contributed by atoms with Crippen molar-refractivity contribution < 1.29 is 19.0 Å². The SMILES string of the molecule is O=C(CC1COCCO1)Oc1ccccc1. The van der Waals surface area contributed by atoms with Gasteiger partial charge in [-0.2, -0.15) is 0 Å². The van der Waals surface area contributed by atoms with Crippen LogP contribution in [0.1, 0.15) is 6.42 Å². The molecule has 4 nitrogen and oxygen atoms in total. The summed E-state index contributed by atoms with van der Waals surface area (Å²) in [6.45, 7) is 1.61. The van der Waals surface area contributed by atoms with E-state index in [0.29, 0.717) is 25.6 Å². The van der Waals surface area contributed by atoms with E-state index in [9.17, 15) is 4.79 Å². The highest BCUT2D eigenvalue weighted by molar-refractivity contribution is 5.72. The van der Waals surface area contributed by atoms with Crippen LogP contribution in [0.4, 0.5) is 0 Å². The molecule has 1 heterocycles. The Bertz CT molecular complexity index is 330. The maximum atomic E-state index is 11.5. The molecule has 0 N–H and O–H groups in total. The van der Waals surface area contributed by atoms with Crippen LogP contribution in [0.3, 0.4) is 0 Å². The van der Waals surface area contributed by atoms with Crippen molar-refractivity contribution in [2.75, 3.05) is 19.8 Å². The fraction of sp³-hybridized carbons (Fsp3) is 0.417. The summed E-state index contributed by atoms with van der Waals surface area (Å²) in [6, 6.07) is 9.01. The van der Waals surface area contributed by atoms with Gasteiger partial charge < -0.3 is 14.2 Å². The molecule has 86 valence electrons. The van der Waals surface area contributed by atoms with Crippen LogP contribution < -0.4 is 4.74 Å². The molecule has 1 aliphatic heterocycles. The molecule has 16 heavy (non-hydrogen) atoms. The number of rotatable bonds is 3. The lowest BCUT2D eigenvalue weighted by Gasteiger charge is -2.21. The van der Waals surface area contributed by atoms with E-state index in [1.165, 1.54) is 0 Å². The van der Waals surface area contributed by atoms with Crippen molar-refractivity contribution in [3.05, 3.63) is 30.3 Å². The second-order valence-corrected chi connectivity index (χ2v) is 3.56. The Balaban J connectivity index is 1.80. The van der Waals surface area contributed by atoms with Gasteiger partial charge in [0.1, 0.15) is 5.75 Å². The highest BCUT2D eigenvalue weighted by Gasteiger charge is 2.19. The Morgan fingerprint density at radius 1 is 1.31 bits per heavy atom. The summed E-state index contributed by atoms with van der Waals surface area (Å²) in [6.07, 6.45) is 0.0551. The summed E-state index contributed by atoms with van der Waals surface area (Å²) in [4.78, 5) is 11.5. The van der Waals surface area contributed by atoms with Gasteiger partial charge in [0.2, 0.25) is 0 Å². The van der Waals surface area contributed by atoms with Gasteiger partial charge in [-0.15, -0.1) is 0 Å². The standard InChI is InChI=1S/C12H14O4/c13-12(8-11-9-14-6-7-15-11)16-10-4-2-1-3-5-10/h1-5,11H,6-9H2. The quantitative estimate of drug-likeness (QED) is 0.572. The summed E-state index contributed by atoms with van der Waals surface area (Å²) in [5, 5.41) is 0. The smallest absolute Gasteiger partial charge is 0.313 e. The molecule has 1 aromatic rings. The van der Waals surface area contributed by atoms with Gasteiger partial charge in [-0.3, -0.25) is 4.79 Å². The van der Waals surface area contributed by atoms with E-state index in [-0.39, 0.29) is 18.5 Å². The largest absolute Gasteiger partial charge is 0.426 e. The average molecular weight is 222 g/mol. The van der Waals surface area contributed by atoms with Crippen LogP contribution in [0.5, 0.6) is 5.75 Å². The molecule has 0 aliphatic carbocycles. The van der Waals surface area contributed by atoms with Gasteiger partial charge >= 0.3 is 5.97 Å². The number of hydrogen-bond acceptors (Lipinski definition) is 4. The summed E-state index contributed by atoms with van der Waals surface area (Å²) >= 11 is 0. The topological polar surface area (TPSA) is 44.8 Å². The summed E-state index contributed by atoms with van der Waals surface area (Å²) in [7, 11) is 0. The molecule has 0 bridgehead atoms. The first-order valence-corrected chi connectivity index (χ1v) is 5.29. The fourth-order valence-corrected chi connectivity index (χ4v) is 1.50. The van der Waals surface area contributed by atoms with Crippen molar-refractivity contribution in [2.45, 2.75) is 12.5 Å². The van der Waals surface area contributed by atoms with Crippen molar-refractivity contribution in [3.63, 3.8) is 0 Å². The average Bonchev–Trinajstić information content (AvgIpc) is 2.31. The molecule has 1 aromatic carbocycles. The van der Waals surface area contributed by atoms with Gasteiger partial charge in [-0.25, -0.2) is 0 Å². The molecule has 0 aromatic heterocycles. The molecule has 4 heteroatoms. The highest BCUT2D eigenvalue weighted by Crippen LogP contribution is 2.11. The molecule has 0 spiro atoms. The van der Waals surface area contributed by atoms with Gasteiger partial charge in [0.05, 0.1) is 32.3 Å². The maximum Gasteiger partial charge on any atom is 0.313 e. The number of ether oxygens (including phenoxy) is 3. The van der Waals surface area contributed by atoms with E-state index < -0.39 is 0 Å². The van der Waals surface area contributed by atoms with E-state index in [2.05, 4.69) is 0 Å². The number of para-hydroxylation sites is 1. The Morgan fingerprint density at radius 2 is 2.12 bits per heavy atom. The highest BCUT2D eigenvalue weighted by atomic mass is 16.6. The Morgan fingerprint density at radius 3 is 2.81 bits per heavy atom. The van der Waals surface area contributed by atoms with Crippen molar-refractivity contribution in [3.8, 4) is 5.75 Å². The summed E-state index contributed by atoms with van der Waals surface area (Å²) < 4.78 is 15.7. The van der Waals surface area contributed by atoms with Crippen molar-refractivity contribution in [2.24, 2.45) is 0 Å². The molecule has 2 rings (SSSR count). The van der Waals surface area contributed by atoms with E-state index in [4.69, 9.17) is 14.2 Å². The molecule has 1 unspecified atom stereocenters. The number of benzene rings is 1. The summed E-state index contributed by atoms with van der Waals surface area (Å²) in [5.74, 6) is 0.269. The fourth-order valence-electron chi connectivity index (χ4n) is 1.50. The van der Waals surface area contributed by atoms with Crippen LogP contribution in [0.25, 0.3) is 0 Å². The van der Waals surface area contributed by atoms with E-state index in [1.54, 1.807) is 12.1 Å². The van der Waals surface area contributed by atoms with Gasteiger partial charge in [0.25, 0.3) is 0 Å². The van der Waals surface area contributed by atoms with Crippen LogP contribution in [0, 0.1) is 0 Å². The second-order valence-electron chi connectivity index (χ2n) is 3.56. The lowest BCUT2D eigenvalue weighted by molar-refractivity contribution is -0.143. The molecule has 0 radical (unpaired) electrons. The molecule has 0 saturated carbocycles. The van der Waals surface area contributed by atoms with E-state index in [0.717, 1.165) is 0 Å². The Hall–Kier alpha value is -1.39. The molecule has 1 saturated heterocycles. The molecular formula is C12H14O4. The minimum atomic E-state index is -0.290. The maximum absolute atomic E-state index is 11.5. The molecule has 1 aliphatic rings. The monoisotopic (exact) mass is 222 g/mol. The number of esters is 1. The normalized spacial score (nSPS) is 20.4. The van der Waals surface area contributed by atoms with Gasteiger partial charge in [0.15, 0.2) is 0 Å². The first kappa shape index (κ1) is 11.1. The Kier molecular flexibility index (Phi) is 3.91. The van der Waals surface area contributed by atoms with Crippen molar-refractivity contribution >= 4 is 5.97 Å². The van der Waals surface area contributed by atoms with E-state index >= 15 is 0 Å². The predicted molar refractivity (Wildman–Crippen MR) is 57.3 cm³/mol.